The summed E-state index contributed by atoms with van der Waals surface area (Å²) in [6.45, 7) is 0.0370. The summed E-state index contributed by atoms with van der Waals surface area (Å²) < 4.78 is 4.56. The molecule has 1 aromatic rings. The van der Waals surface area contributed by atoms with Crippen LogP contribution >= 0.6 is 0 Å². The zero-order valence-electron chi connectivity index (χ0n) is 11.2. The monoisotopic (exact) mass is 282 g/mol. The summed E-state index contributed by atoms with van der Waals surface area (Å²) in [6, 6.07) is 3.96. The number of carbonyl (C=O) groups is 2. The summed E-state index contributed by atoms with van der Waals surface area (Å²) in [4.78, 5) is 22.5. The molecule has 6 nitrogen and oxygen atoms in total. The van der Waals surface area contributed by atoms with Crippen molar-refractivity contribution in [2.75, 3.05) is 13.7 Å². The molecule has 0 saturated carbocycles. The summed E-state index contributed by atoms with van der Waals surface area (Å²) in [6.07, 6.45) is 0.649. The molecule has 1 rings (SSSR count). The van der Waals surface area contributed by atoms with E-state index >= 15 is 0 Å². The third-order valence-electron chi connectivity index (χ3n) is 2.89. The van der Waals surface area contributed by atoms with Crippen LogP contribution in [0.4, 0.5) is 0 Å². The first-order valence-corrected chi connectivity index (χ1v) is 6.25. The molecule has 0 fully saturated rings. The molecule has 0 aromatic heterocycles. The van der Waals surface area contributed by atoms with Crippen LogP contribution in [-0.2, 0) is 4.74 Å². The Morgan fingerprint density at radius 1 is 1.20 bits per heavy atom. The fourth-order valence-corrected chi connectivity index (χ4v) is 1.82. The molecule has 1 atom stereocenters. The van der Waals surface area contributed by atoms with Gasteiger partial charge < -0.3 is 20.1 Å². The Hall–Kier alpha value is -1.92. The fourth-order valence-electron chi connectivity index (χ4n) is 1.82. The maximum atomic E-state index is 11.5. The van der Waals surface area contributed by atoms with Gasteiger partial charge >= 0.3 is 11.9 Å². The maximum Gasteiger partial charge on any atom is 0.337 e. The summed E-state index contributed by atoms with van der Waals surface area (Å²) in [5, 5.41) is 27.7. The van der Waals surface area contributed by atoms with Crippen LogP contribution in [0.3, 0.4) is 0 Å². The van der Waals surface area contributed by atoms with Gasteiger partial charge in [0.2, 0.25) is 0 Å². The smallest absolute Gasteiger partial charge is 0.337 e. The number of carboxylic acids is 1. The van der Waals surface area contributed by atoms with E-state index in [4.69, 9.17) is 10.2 Å². The molecule has 1 unspecified atom stereocenters. The Kier molecular flexibility index (Phi) is 6.14. The van der Waals surface area contributed by atoms with Gasteiger partial charge in [-0.2, -0.15) is 0 Å². The van der Waals surface area contributed by atoms with Crippen molar-refractivity contribution in [3.63, 3.8) is 0 Å². The van der Waals surface area contributed by atoms with E-state index in [0.717, 1.165) is 0 Å². The lowest BCUT2D eigenvalue weighted by atomic mass is 9.98. The molecular formula is C14H18O6. The van der Waals surface area contributed by atoms with Gasteiger partial charge in [0.15, 0.2) is 0 Å². The highest BCUT2D eigenvalue weighted by atomic mass is 16.5. The van der Waals surface area contributed by atoms with Gasteiger partial charge in [-0.1, -0.05) is 0 Å². The van der Waals surface area contributed by atoms with Crippen molar-refractivity contribution in [1.82, 2.24) is 0 Å². The minimum Gasteiger partial charge on any atom is -0.478 e. The average molecular weight is 282 g/mol. The first-order valence-electron chi connectivity index (χ1n) is 6.25. The highest BCUT2D eigenvalue weighted by Gasteiger charge is 2.16. The second-order valence-corrected chi connectivity index (χ2v) is 4.38. The molecular weight excluding hydrogens is 264 g/mol. The van der Waals surface area contributed by atoms with Crippen molar-refractivity contribution in [2.24, 2.45) is 0 Å². The topological polar surface area (TPSA) is 104 Å². The quantitative estimate of drug-likeness (QED) is 0.515. The predicted octanol–water partition coefficient (Wildman–Crippen LogP) is 1.37. The van der Waals surface area contributed by atoms with Gasteiger partial charge in [-0.05, 0) is 43.0 Å². The molecule has 0 amide bonds. The summed E-state index contributed by atoms with van der Waals surface area (Å²) in [5.74, 6) is -1.84. The molecule has 0 bridgehead atoms. The minimum atomic E-state index is -1.18. The number of aliphatic hydroxyl groups excluding tert-OH is 2. The first-order chi connectivity index (χ1) is 9.49. The summed E-state index contributed by atoms with van der Waals surface area (Å²) in [7, 11) is 1.20. The van der Waals surface area contributed by atoms with Crippen molar-refractivity contribution >= 4 is 11.9 Å². The molecule has 0 aliphatic rings. The normalized spacial score (nSPS) is 11.9. The van der Waals surface area contributed by atoms with E-state index in [-0.39, 0.29) is 17.7 Å². The van der Waals surface area contributed by atoms with Crippen LogP contribution in [0.15, 0.2) is 18.2 Å². The van der Waals surface area contributed by atoms with E-state index in [0.29, 0.717) is 24.8 Å². The van der Waals surface area contributed by atoms with Crippen LogP contribution in [0.25, 0.3) is 0 Å². The molecule has 0 heterocycles. The molecule has 0 radical (unpaired) electrons. The van der Waals surface area contributed by atoms with E-state index in [9.17, 15) is 14.7 Å². The molecule has 0 aliphatic heterocycles. The fraction of sp³-hybridized carbons (Fsp3) is 0.429. The molecule has 0 saturated heterocycles. The number of esters is 1. The highest BCUT2D eigenvalue weighted by Crippen LogP contribution is 2.22. The second-order valence-electron chi connectivity index (χ2n) is 4.38. The van der Waals surface area contributed by atoms with Crippen LogP contribution < -0.4 is 0 Å². The minimum absolute atomic E-state index is 0.0370. The lowest BCUT2D eigenvalue weighted by Gasteiger charge is -2.13. The first kappa shape index (κ1) is 16.1. The van der Waals surface area contributed by atoms with E-state index < -0.39 is 18.0 Å². The SMILES string of the molecule is COC(=O)c1cc(C(=O)O)cc(C(O)CCCCO)c1. The Morgan fingerprint density at radius 2 is 1.85 bits per heavy atom. The Labute approximate surface area is 116 Å². The van der Waals surface area contributed by atoms with Gasteiger partial charge in [0.05, 0.1) is 24.3 Å². The molecule has 6 heteroatoms. The number of aliphatic hydroxyl groups is 2. The van der Waals surface area contributed by atoms with E-state index in [1.165, 1.54) is 25.3 Å². The van der Waals surface area contributed by atoms with Gasteiger partial charge in [-0.15, -0.1) is 0 Å². The van der Waals surface area contributed by atoms with Crippen molar-refractivity contribution < 1.29 is 29.6 Å². The average Bonchev–Trinajstić information content (AvgIpc) is 2.45. The van der Waals surface area contributed by atoms with Crippen LogP contribution in [-0.4, -0.2) is 41.0 Å². The van der Waals surface area contributed by atoms with Gasteiger partial charge in [-0.3, -0.25) is 0 Å². The summed E-state index contributed by atoms with van der Waals surface area (Å²) >= 11 is 0. The number of rotatable bonds is 7. The number of carboxylic acid groups (broad SMARTS) is 1. The molecule has 20 heavy (non-hydrogen) atoms. The van der Waals surface area contributed by atoms with Crippen LogP contribution in [0.1, 0.15) is 51.6 Å². The van der Waals surface area contributed by atoms with Crippen molar-refractivity contribution in [2.45, 2.75) is 25.4 Å². The van der Waals surface area contributed by atoms with Gasteiger partial charge in [-0.25, -0.2) is 9.59 Å². The Bertz CT molecular complexity index is 483. The lowest BCUT2D eigenvalue weighted by Crippen LogP contribution is -2.08. The standard InChI is InChI=1S/C14H18O6/c1-20-14(19)11-7-9(6-10(8-11)13(17)18)12(16)4-2-3-5-15/h6-8,12,15-16H,2-5H2,1H3,(H,17,18). The molecule has 1 aromatic carbocycles. The number of benzene rings is 1. The number of hydrogen-bond donors (Lipinski definition) is 3. The Morgan fingerprint density at radius 3 is 2.40 bits per heavy atom. The number of unbranched alkanes of at least 4 members (excludes halogenated alkanes) is 1. The van der Waals surface area contributed by atoms with Crippen LogP contribution in [0, 0.1) is 0 Å². The number of methoxy groups -OCH3 is 1. The largest absolute Gasteiger partial charge is 0.478 e. The van der Waals surface area contributed by atoms with Gasteiger partial charge in [0.25, 0.3) is 0 Å². The van der Waals surface area contributed by atoms with Crippen LogP contribution in [0.5, 0.6) is 0 Å². The zero-order valence-corrected chi connectivity index (χ0v) is 11.2. The van der Waals surface area contributed by atoms with Crippen LogP contribution in [0.2, 0.25) is 0 Å². The zero-order chi connectivity index (χ0) is 15.1. The number of hydrogen-bond acceptors (Lipinski definition) is 5. The van der Waals surface area contributed by atoms with E-state index in [1.807, 2.05) is 0 Å². The molecule has 0 aliphatic carbocycles. The van der Waals surface area contributed by atoms with Gasteiger partial charge in [0.1, 0.15) is 0 Å². The van der Waals surface area contributed by atoms with Crippen molar-refractivity contribution in [3.05, 3.63) is 34.9 Å². The van der Waals surface area contributed by atoms with Crippen molar-refractivity contribution in [1.29, 1.82) is 0 Å². The van der Waals surface area contributed by atoms with Gasteiger partial charge in [0, 0.05) is 6.61 Å². The molecule has 3 N–H and O–H groups in total. The van der Waals surface area contributed by atoms with E-state index in [2.05, 4.69) is 4.74 Å². The van der Waals surface area contributed by atoms with Crippen molar-refractivity contribution in [3.8, 4) is 0 Å². The number of aromatic carboxylic acids is 1. The number of carbonyl (C=O) groups excluding carboxylic acids is 1. The third kappa shape index (κ3) is 4.32. The van der Waals surface area contributed by atoms with E-state index in [1.54, 1.807) is 0 Å². The number of ether oxygens (including phenoxy) is 1. The summed E-state index contributed by atoms with van der Waals surface area (Å²) in [5.41, 5.74) is 0.357. The molecule has 110 valence electrons. The highest BCUT2D eigenvalue weighted by molar-refractivity contribution is 5.94. The molecule has 0 spiro atoms. The second kappa shape index (κ2) is 7.62. The Balaban J connectivity index is 3.02. The third-order valence-corrected chi connectivity index (χ3v) is 2.89. The lowest BCUT2D eigenvalue weighted by molar-refractivity contribution is 0.0600. The maximum absolute atomic E-state index is 11.5. The predicted molar refractivity (Wildman–Crippen MR) is 70.6 cm³/mol.